The average molecular weight is 312 g/mol. The van der Waals surface area contributed by atoms with Crippen LogP contribution in [-0.4, -0.2) is 23.3 Å². The van der Waals surface area contributed by atoms with Gasteiger partial charge in [-0.3, -0.25) is 0 Å². The third kappa shape index (κ3) is 3.51. The molecule has 5 heteroatoms. The third-order valence-corrected chi connectivity index (χ3v) is 3.50. The minimum Gasteiger partial charge on any atom is -0.496 e. The zero-order chi connectivity index (χ0) is 16.1. The molecule has 3 aromatic rings. The molecule has 23 heavy (non-hydrogen) atoms. The molecule has 0 unspecified atom stereocenters. The highest BCUT2D eigenvalue weighted by Crippen LogP contribution is 2.36. The lowest BCUT2D eigenvalue weighted by molar-refractivity contribution is 0.299. The highest BCUT2D eigenvalue weighted by atomic mass is 19.1. The first-order valence-corrected chi connectivity index (χ1v) is 7.29. The van der Waals surface area contributed by atoms with E-state index in [0.29, 0.717) is 30.2 Å². The van der Waals surface area contributed by atoms with Gasteiger partial charge >= 0.3 is 0 Å². The molecule has 1 aromatic heterocycles. The largest absolute Gasteiger partial charge is 0.496 e. The lowest BCUT2D eigenvalue weighted by atomic mass is 10.0. The molecule has 0 atom stereocenters. The maximum Gasteiger partial charge on any atom is 0.127 e. The molecule has 0 aliphatic rings. The molecule has 0 spiro atoms. The van der Waals surface area contributed by atoms with Crippen LogP contribution in [0.15, 0.2) is 61.2 Å². The predicted molar refractivity (Wildman–Crippen MR) is 86.1 cm³/mol. The second kappa shape index (κ2) is 6.96. The van der Waals surface area contributed by atoms with Gasteiger partial charge in [-0.1, -0.05) is 18.2 Å². The van der Waals surface area contributed by atoms with Crippen LogP contribution in [0.2, 0.25) is 0 Å². The smallest absolute Gasteiger partial charge is 0.127 e. The maximum atomic E-state index is 13.6. The van der Waals surface area contributed by atoms with Crippen molar-refractivity contribution < 1.29 is 13.9 Å². The molecule has 0 aliphatic heterocycles. The Balaban J connectivity index is 1.84. The van der Waals surface area contributed by atoms with E-state index in [2.05, 4.69) is 4.98 Å². The van der Waals surface area contributed by atoms with E-state index in [-0.39, 0.29) is 5.82 Å². The summed E-state index contributed by atoms with van der Waals surface area (Å²) in [6, 6.07) is 12.0. The van der Waals surface area contributed by atoms with Gasteiger partial charge in [-0.15, -0.1) is 0 Å². The van der Waals surface area contributed by atoms with Gasteiger partial charge in [0.1, 0.15) is 23.9 Å². The Morgan fingerprint density at radius 2 is 1.96 bits per heavy atom. The molecular weight excluding hydrogens is 295 g/mol. The SMILES string of the molecule is COc1ccc(F)cc1-c1ccccc1OCCn1ccnc1. The summed E-state index contributed by atoms with van der Waals surface area (Å²) >= 11 is 0. The van der Waals surface area contributed by atoms with Crippen molar-refractivity contribution in [3.05, 3.63) is 67.0 Å². The number of methoxy groups -OCH3 is 1. The molecule has 0 N–H and O–H groups in total. The molecule has 3 rings (SSSR count). The molecule has 118 valence electrons. The first kappa shape index (κ1) is 15.1. The second-order valence-electron chi connectivity index (χ2n) is 4.99. The van der Waals surface area contributed by atoms with Crippen LogP contribution in [0, 0.1) is 5.82 Å². The summed E-state index contributed by atoms with van der Waals surface area (Å²) in [6.45, 7) is 1.18. The highest BCUT2D eigenvalue weighted by molar-refractivity contribution is 5.75. The van der Waals surface area contributed by atoms with Crippen molar-refractivity contribution in [3.63, 3.8) is 0 Å². The number of hydrogen-bond donors (Lipinski definition) is 0. The lowest BCUT2D eigenvalue weighted by Gasteiger charge is -2.14. The van der Waals surface area contributed by atoms with Crippen molar-refractivity contribution in [1.29, 1.82) is 0 Å². The Labute approximate surface area is 134 Å². The van der Waals surface area contributed by atoms with Crippen LogP contribution in [-0.2, 0) is 6.54 Å². The second-order valence-corrected chi connectivity index (χ2v) is 4.99. The van der Waals surface area contributed by atoms with E-state index in [4.69, 9.17) is 9.47 Å². The van der Waals surface area contributed by atoms with Gasteiger partial charge in [0.2, 0.25) is 0 Å². The van der Waals surface area contributed by atoms with E-state index in [0.717, 1.165) is 5.56 Å². The number of para-hydroxylation sites is 1. The van der Waals surface area contributed by atoms with E-state index in [9.17, 15) is 4.39 Å². The average Bonchev–Trinajstić information content (AvgIpc) is 3.09. The number of rotatable bonds is 6. The summed E-state index contributed by atoms with van der Waals surface area (Å²) in [6.07, 6.45) is 5.35. The van der Waals surface area contributed by atoms with E-state index in [1.165, 1.54) is 12.1 Å². The van der Waals surface area contributed by atoms with E-state index in [1.54, 1.807) is 25.7 Å². The quantitative estimate of drug-likeness (QED) is 0.695. The zero-order valence-corrected chi connectivity index (χ0v) is 12.8. The summed E-state index contributed by atoms with van der Waals surface area (Å²) in [5, 5.41) is 0. The van der Waals surface area contributed by atoms with Gasteiger partial charge in [-0.05, 0) is 24.3 Å². The Kier molecular flexibility index (Phi) is 4.57. The molecular formula is C18H17FN2O2. The molecule has 4 nitrogen and oxygen atoms in total. The van der Waals surface area contributed by atoms with Crippen molar-refractivity contribution in [2.24, 2.45) is 0 Å². The molecule has 0 bridgehead atoms. The van der Waals surface area contributed by atoms with Crippen molar-refractivity contribution in [3.8, 4) is 22.6 Å². The van der Waals surface area contributed by atoms with Gasteiger partial charge in [-0.25, -0.2) is 9.37 Å². The molecule has 0 fully saturated rings. The molecule has 0 amide bonds. The highest BCUT2D eigenvalue weighted by Gasteiger charge is 2.12. The Bertz CT molecular complexity index is 772. The van der Waals surface area contributed by atoms with E-state index >= 15 is 0 Å². The van der Waals surface area contributed by atoms with Crippen LogP contribution in [0.25, 0.3) is 11.1 Å². The zero-order valence-electron chi connectivity index (χ0n) is 12.8. The number of ether oxygens (including phenoxy) is 2. The molecule has 0 radical (unpaired) electrons. The van der Waals surface area contributed by atoms with Gasteiger partial charge in [-0.2, -0.15) is 0 Å². The molecule has 0 saturated heterocycles. The molecule has 0 aliphatic carbocycles. The van der Waals surface area contributed by atoms with Crippen LogP contribution in [0.1, 0.15) is 0 Å². The normalized spacial score (nSPS) is 10.5. The summed E-state index contributed by atoms with van der Waals surface area (Å²) < 4.78 is 26.8. The fraction of sp³-hybridized carbons (Fsp3) is 0.167. The number of nitrogens with zero attached hydrogens (tertiary/aromatic N) is 2. The van der Waals surface area contributed by atoms with Crippen molar-refractivity contribution in [2.45, 2.75) is 6.54 Å². The van der Waals surface area contributed by atoms with Gasteiger partial charge in [0, 0.05) is 23.5 Å². The number of hydrogen-bond acceptors (Lipinski definition) is 3. The summed E-state index contributed by atoms with van der Waals surface area (Å²) in [5.74, 6) is 0.989. The first-order valence-electron chi connectivity index (χ1n) is 7.29. The number of halogens is 1. The van der Waals surface area contributed by atoms with Crippen LogP contribution in [0.5, 0.6) is 11.5 Å². The predicted octanol–water partition coefficient (Wildman–Crippen LogP) is 3.78. The summed E-state index contributed by atoms with van der Waals surface area (Å²) in [5.41, 5.74) is 1.47. The fourth-order valence-electron chi connectivity index (χ4n) is 2.39. The Hall–Kier alpha value is -2.82. The Morgan fingerprint density at radius 3 is 2.74 bits per heavy atom. The van der Waals surface area contributed by atoms with Crippen molar-refractivity contribution >= 4 is 0 Å². The number of aromatic nitrogens is 2. The van der Waals surface area contributed by atoms with Crippen LogP contribution in [0.3, 0.4) is 0 Å². The molecule has 1 heterocycles. The lowest BCUT2D eigenvalue weighted by Crippen LogP contribution is -2.07. The van der Waals surface area contributed by atoms with Gasteiger partial charge in [0.25, 0.3) is 0 Å². The van der Waals surface area contributed by atoms with Crippen molar-refractivity contribution in [2.75, 3.05) is 13.7 Å². The van der Waals surface area contributed by atoms with Crippen LogP contribution in [0.4, 0.5) is 4.39 Å². The summed E-state index contributed by atoms with van der Waals surface area (Å²) in [4.78, 5) is 3.99. The summed E-state index contributed by atoms with van der Waals surface area (Å²) in [7, 11) is 1.57. The minimum atomic E-state index is -0.311. The molecule has 2 aromatic carbocycles. The van der Waals surface area contributed by atoms with Crippen molar-refractivity contribution in [1.82, 2.24) is 9.55 Å². The van der Waals surface area contributed by atoms with Gasteiger partial charge in [0.15, 0.2) is 0 Å². The maximum absolute atomic E-state index is 13.6. The minimum absolute atomic E-state index is 0.311. The Morgan fingerprint density at radius 1 is 1.09 bits per heavy atom. The van der Waals surface area contributed by atoms with Gasteiger partial charge < -0.3 is 14.0 Å². The number of benzene rings is 2. The standard InChI is InChI=1S/C18H17FN2O2/c1-22-17-7-6-14(19)12-16(17)15-4-2-3-5-18(15)23-11-10-21-9-8-20-13-21/h2-9,12-13H,10-11H2,1H3. The fourth-order valence-corrected chi connectivity index (χ4v) is 2.39. The molecule has 0 saturated carbocycles. The van der Waals surface area contributed by atoms with E-state index in [1.807, 2.05) is 35.0 Å². The topological polar surface area (TPSA) is 36.3 Å². The van der Waals surface area contributed by atoms with E-state index < -0.39 is 0 Å². The number of imidazole rings is 1. The monoisotopic (exact) mass is 312 g/mol. The first-order chi connectivity index (χ1) is 11.3. The van der Waals surface area contributed by atoms with Crippen LogP contribution < -0.4 is 9.47 Å². The third-order valence-electron chi connectivity index (χ3n) is 3.50. The van der Waals surface area contributed by atoms with Crippen LogP contribution >= 0.6 is 0 Å². The van der Waals surface area contributed by atoms with Gasteiger partial charge in [0.05, 0.1) is 20.0 Å².